The number of nitrogens with one attached hydrogen (secondary N) is 1. The van der Waals surface area contributed by atoms with Gasteiger partial charge in [0.15, 0.2) is 0 Å². The first-order valence-corrected chi connectivity index (χ1v) is 8.85. The Morgan fingerprint density at radius 3 is 2.70 bits per heavy atom. The number of para-hydroxylation sites is 2. The maximum atomic E-state index is 10.7. The average molecular weight is 371 g/mol. The van der Waals surface area contributed by atoms with Gasteiger partial charge >= 0.3 is 5.69 Å². The number of piperazine rings is 1. The Hall–Kier alpha value is -2.98. The fourth-order valence-electron chi connectivity index (χ4n) is 3.35. The summed E-state index contributed by atoms with van der Waals surface area (Å²) in [6.07, 6.45) is 1.89. The highest BCUT2D eigenvalue weighted by atomic mass is 16.6. The summed E-state index contributed by atoms with van der Waals surface area (Å²) < 4.78 is 1.41. The lowest BCUT2D eigenvalue weighted by atomic mass is 10.2. The van der Waals surface area contributed by atoms with Crippen molar-refractivity contribution >= 4 is 22.7 Å². The zero-order chi connectivity index (χ0) is 18.8. The molecule has 2 N–H and O–H groups in total. The van der Waals surface area contributed by atoms with Crippen LogP contribution in [0.1, 0.15) is 0 Å². The molecule has 0 aliphatic carbocycles. The Balaban J connectivity index is 1.29. The molecule has 10 nitrogen and oxygen atoms in total. The van der Waals surface area contributed by atoms with Gasteiger partial charge in [-0.15, -0.1) is 0 Å². The van der Waals surface area contributed by atoms with Gasteiger partial charge in [0.2, 0.25) is 5.95 Å². The summed E-state index contributed by atoms with van der Waals surface area (Å²) in [5.41, 5.74) is 1.92. The summed E-state index contributed by atoms with van der Waals surface area (Å²) in [7, 11) is 0. The van der Waals surface area contributed by atoms with Gasteiger partial charge in [-0.2, -0.15) is 5.10 Å². The van der Waals surface area contributed by atoms with E-state index in [0.717, 1.165) is 43.2 Å². The third-order valence-electron chi connectivity index (χ3n) is 4.75. The second-order valence-electron chi connectivity index (χ2n) is 6.70. The molecular weight excluding hydrogens is 350 g/mol. The minimum Gasteiger partial charge on any atom is -0.390 e. The maximum absolute atomic E-state index is 10.7. The number of aromatic nitrogens is 4. The van der Waals surface area contributed by atoms with Crippen LogP contribution in [0.2, 0.25) is 0 Å². The minimum atomic E-state index is -0.637. The van der Waals surface area contributed by atoms with Crippen molar-refractivity contribution in [1.82, 2.24) is 24.6 Å². The average Bonchev–Trinajstić information content (AvgIpc) is 3.29. The molecule has 0 radical (unpaired) electrons. The van der Waals surface area contributed by atoms with Gasteiger partial charge < -0.3 is 15.0 Å². The lowest BCUT2D eigenvalue weighted by Gasteiger charge is -2.35. The van der Waals surface area contributed by atoms with E-state index in [1.54, 1.807) is 0 Å². The van der Waals surface area contributed by atoms with Crippen LogP contribution in [0.5, 0.6) is 0 Å². The molecule has 1 aromatic carbocycles. The maximum Gasteiger partial charge on any atom is 0.306 e. The van der Waals surface area contributed by atoms with E-state index >= 15 is 0 Å². The summed E-state index contributed by atoms with van der Waals surface area (Å²) >= 11 is 0. The number of aliphatic hydroxyl groups excluding tert-OH is 1. The number of rotatable bonds is 6. The van der Waals surface area contributed by atoms with Gasteiger partial charge in [-0.1, -0.05) is 12.1 Å². The van der Waals surface area contributed by atoms with Gasteiger partial charge in [-0.25, -0.2) is 4.98 Å². The summed E-state index contributed by atoms with van der Waals surface area (Å²) in [5.74, 6) is 0.875. The number of hydrogen-bond acceptors (Lipinski definition) is 7. The number of H-pyrrole nitrogens is 1. The first kappa shape index (κ1) is 17.4. The Morgan fingerprint density at radius 1 is 1.22 bits per heavy atom. The molecule has 2 aromatic heterocycles. The third-order valence-corrected chi connectivity index (χ3v) is 4.75. The largest absolute Gasteiger partial charge is 0.390 e. The highest BCUT2D eigenvalue weighted by Gasteiger charge is 2.22. The molecule has 3 heterocycles. The van der Waals surface area contributed by atoms with Crippen LogP contribution in [0.15, 0.2) is 36.7 Å². The van der Waals surface area contributed by atoms with E-state index in [9.17, 15) is 15.2 Å². The molecule has 1 atom stereocenters. The van der Waals surface area contributed by atoms with Gasteiger partial charge in [0, 0.05) is 32.7 Å². The van der Waals surface area contributed by atoms with E-state index < -0.39 is 11.0 Å². The zero-order valence-corrected chi connectivity index (χ0v) is 14.7. The fraction of sp³-hybridized carbons (Fsp3) is 0.412. The van der Waals surface area contributed by atoms with Crippen molar-refractivity contribution in [2.24, 2.45) is 0 Å². The Morgan fingerprint density at radius 2 is 2.00 bits per heavy atom. The second kappa shape index (κ2) is 7.33. The van der Waals surface area contributed by atoms with Crippen molar-refractivity contribution in [3.63, 3.8) is 0 Å². The Kier molecular flexibility index (Phi) is 4.73. The first-order valence-electron chi connectivity index (χ1n) is 8.85. The van der Waals surface area contributed by atoms with Crippen molar-refractivity contribution in [2.75, 3.05) is 37.6 Å². The number of aliphatic hydroxyl groups is 1. The van der Waals surface area contributed by atoms with Gasteiger partial charge in [0.25, 0.3) is 0 Å². The molecule has 1 aliphatic heterocycles. The van der Waals surface area contributed by atoms with Crippen LogP contribution in [0.3, 0.4) is 0 Å². The van der Waals surface area contributed by atoms with Crippen LogP contribution in [-0.2, 0) is 6.54 Å². The monoisotopic (exact) mass is 371 g/mol. The van der Waals surface area contributed by atoms with E-state index in [1.165, 1.54) is 17.1 Å². The number of anilines is 1. The number of benzene rings is 1. The lowest BCUT2D eigenvalue weighted by molar-refractivity contribution is -0.385. The van der Waals surface area contributed by atoms with E-state index in [-0.39, 0.29) is 12.2 Å². The number of β-amino-alcohol motifs (C(OH)–C–C–N with tert-alkyl or cyclic N) is 1. The number of nitrogens with zero attached hydrogens (tertiary/aromatic N) is 6. The normalized spacial score (nSPS) is 16.7. The molecule has 0 spiro atoms. The number of aromatic amines is 1. The molecule has 142 valence electrons. The molecular formula is C17H21N7O3. The number of imidazole rings is 1. The van der Waals surface area contributed by atoms with Crippen molar-refractivity contribution in [3.8, 4) is 0 Å². The SMILES string of the molecule is O=[N+]([O-])c1cnn(C[C@H](O)CN2CCN(c3nc4ccccc4[nH]3)CC2)c1. The quantitative estimate of drug-likeness (QED) is 0.487. The molecule has 0 amide bonds. The van der Waals surface area contributed by atoms with Gasteiger partial charge in [-0.05, 0) is 12.1 Å². The zero-order valence-electron chi connectivity index (χ0n) is 14.7. The predicted molar refractivity (Wildman–Crippen MR) is 99.6 cm³/mol. The smallest absolute Gasteiger partial charge is 0.306 e. The van der Waals surface area contributed by atoms with Crippen molar-refractivity contribution in [3.05, 3.63) is 46.8 Å². The standard InChI is InChI=1S/C17H21N7O3/c25-14(12-23-10-13(9-18-23)24(26)27)11-21-5-7-22(8-6-21)17-19-15-3-1-2-4-16(15)20-17/h1-4,9-10,14,25H,5-8,11-12H2,(H,19,20)/t14-/m1/s1. The van der Waals surface area contributed by atoms with Crippen LogP contribution < -0.4 is 4.90 Å². The lowest BCUT2D eigenvalue weighted by Crippen LogP contribution is -2.49. The number of fused-ring (bicyclic) bond motifs is 1. The molecule has 27 heavy (non-hydrogen) atoms. The Labute approximate surface area is 155 Å². The molecule has 4 rings (SSSR count). The van der Waals surface area contributed by atoms with E-state index in [0.29, 0.717) is 6.54 Å². The first-order chi connectivity index (χ1) is 13.1. The van der Waals surface area contributed by atoms with Crippen molar-refractivity contribution < 1.29 is 10.0 Å². The molecule has 10 heteroatoms. The van der Waals surface area contributed by atoms with Crippen LogP contribution in [0.4, 0.5) is 11.6 Å². The minimum absolute atomic E-state index is 0.0679. The summed E-state index contributed by atoms with van der Waals surface area (Å²) in [6, 6.07) is 7.96. The van der Waals surface area contributed by atoms with Crippen LogP contribution >= 0.6 is 0 Å². The molecule has 0 saturated carbocycles. The van der Waals surface area contributed by atoms with E-state index in [1.807, 2.05) is 24.3 Å². The number of nitro groups is 1. The number of hydrogen-bond donors (Lipinski definition) is 2. The summed E-state index contributed by atoms with van der Waals surface area (Å²) in [5, 5.41) is 24.9. The predicted octanol–water partition coefficient (Wildman–Crippen LogP) is 0.851. The van der Waals surface area contributed by atoms with E-state index in [2.05, 4.69) is 24.9 Å². The fourth-order valence-corrected chi connectivity index (χ4v) is 3.35. The van der Waals surface area contributed by atoms with Crippen LogP contribution in [-0.4, -0.2) is 73.5 Å². The molecule has 3 aromatic rings. The van der Waals surface area contributed by atoms with Crippen molar-refractivity contribution in [1.29, 1.82) is 0 Å². The van der Waals surface area contributed by atoms with Gasteiger partial charge in [0.1, 0.15) is 12.4 Å². The molecule has 1 fully saturated rings. The Bertz CT molecular complexity index is 896. The van der Waals surface area contributed by atoms with Crippen LogP contribution in [0, 0.1) is 10.1 Å². The molecule has 0 bridgehead atoms. The highest BCUT2D eigenvalue weighted by Crippen LogP contribution is 2.18. The highest BCUT2D eigenvalue weighted by molar-refractivity contribution is 5.77. The molecule has 1 saturated heterocycles. The summed E-state index contributed by atoms with van der Waals surface area (Å²) in [6.45, 7) is 4.00. The van der Waals surface area contributed by atoms with Crippen LogP contribution in [0.25, 0.3) is 11.0 Å². The summed E-state index contributed by atoms with van der Waals surface area (Å²) in [4.78, 5) is 22.6. The van der Waals surface area contributed by atoms with E-state index in [4.69, 9.17) is 0 Å². The van der Waals surface area contributed by atoms with Crippen molar-refractivity contribution in [2.45, 2.75) is 12.6 Å². The van der Waals surface area contributed by atoms with Gasteiger partial charge in [0.05, 0.1) is 28.6 Å². The molecule has 0 unspecified atom stereocenters. The molecule has 1 aliphatic rings. The third kappa shape index (κ3) is 3.91. The van der Waals surface area contributed by atoms with Gasteiger partial charge in [-0.3, -0.25) is 19.7 Å². The second-order valence-corrected chi connectivity index (χ2v) is 6.70. The topological polar surface area (TPSA) is 116 Å².